The van der Waals surface area contributed by atoms with Crippen molar-refractivity contribution in [2.75, 3.05) is 40.5 Å². The van der Waals surface area contributed by atoms with Crippen molar-refractivity contribution in [1.29, 1.82) is 0 Å². The van der Waals surface area contributed by atoms with E-state index in [1.165, 1.54) is 19.2 Å². The van der Waals surface area contributed by atoms with E-state index < -0.39 is 35.4 Å². The molecular formula is C27H31F3N4O5. The molecule has 9 nitrogen and oxygen atoms in total. The number of amidine groups is 1. The summed E-state index contributed by atoms with van der Waals surface area (Å²) in [7, 11) is 2.81. The quantitative estimate of drug-likeness (QED) is 0.251. The van der Waals surface area contributed by atoms with Gasteiger partial charge in [0, 0.05) is 20.2 Å². The number of methoxy groups -OCH3 is 2. The number of hydrogen-bond donors (Lipinski definition) is 2. The van der Waals surface area contributed by atoms with E-state index in [0.717, 1.165) is 5.56 Å². The average Bonchev–Trinajstić information content (AvgIpc) is 3.35. The zero-order valence-electron chi connectivity index (χ0n) is 21.9. The molecule has 2 aromatic rings. The van der Waals surface area contributed by atoms with Crippen LogP contribution in [0.1, 0.15) is 34.5 Å². The summed E-state index contributed by atoms with van der Waals surface area (Å²) in [5, 5.41) is 2.58. The fourth-order valence-electron chi connectivity index (χ4n) is 3.93. The van der Waals surface area contributed by atoms with Gasteiger partial charge in [0.25, 0.3) is 5.91 Å². The summed E-state index contributed by atoms with van der Waals surface area (Å²) >= 11 is 0. The maximum atomic E-state index is 13.8. The Kier molecular flexibility index (Phi) is 9.94. The molecule has 1 aliphatic heterocycles. The number of ether oxygens (including phenoxy) is 3. The van der Waals surface area contributed by atoms with Crippen LogP contribution in [0, 0.1) is 0 Å². The van der Waals surface area contributed by atoms with Crippen LogP contribution in [0.15, 0.2) is 64.8 Å². The minimum Gasteiger partial charge on any atom is -0.491 e. The molecule has 1 heterocycles. The second kappa shape index (κ2) is 13.1. The van der Waals surface area contributed by atoms with Gasteiger partial charge in [-0.15, -0.1) is 0 Å². The van der Waals surface area contributed by atoms with Gasteiger partial charge in [0.1, 0.15) is 29.5 Å². The number of nitrogens with two attached hydrogens (primary N) is 1. The zero-order valence-corrected chi connectivity index (χ0v) is 21.9. The van der Waals surface area contributed by atoms with Crippen LogP contribution in [0.25, 0.3) is 0 Å². The first-order valence-electron chi connectivity index (χ1n) is 12.1. The van der Waals surface area contributed by atoms with Gasteiger partial charge in [-0.2, -0.15) is 13.2 Å². The molecule has 0 saturated carbocycles. The number of carbonyl (C=O) groups is 2. The van der Waals surface area contributed by atoms with Crippen molar-refractivity contribution in [3.8, 4) is 5.75 Å². The number of rotatable bonds is 11. The smallest absolute Gasteiger partial charge is 0.431 e. The van der Waals surface area contributed by atoms with E-state index in [4.69, 9.17) is 15.2 Å². The number of nitrogens with zero attached hydrogens (tertiary/aromatic N) is 2. The molecule has 0 spiro atoms. The molecule has 3 rings (SSSR count). The molecule has 1 aliphatic rings. The molecule has 210 valence electrons. The largest absolute Gasteiger partial charge is 0.491 e. The molecule has 0 radical (unpaired) electrons. The van der Waals surface area contributed by atoms with Crippen molar-refractivity contribution in [3.05, 3.63) is 76.5 Å². The zero-order chi connectivity index (χ0) is 28.6. The minimum atomic E-state index is -4.95. The third kappa shape index (κ3) is 7.73. The Morgan fingerprint density at radius 2 is 1.85 bits per heavy atom. The predicted molar refractivity (Wildman–Crippen MR) is 138 cm³/mol. The van der Waals surface area contributed by atoms with Crippen LogP contribution in [0.4, 0.5) is 13.2 Å². The Hall–Kier alpha value is -4.06. The van der Waals surface area contributed by atoms with Gasteiger partial charge in [0.15, 0.2) is 0 Å². The maximum absolute atomic E-state index is 13.8. The summed E-state index contributed by atoms with van der Waals surface area (Å²) in [5.74, 6) is -1.11. The van der Waals surface area contributed by atoms with Crippen LogP contribution in [0.5, 0.6) is 5.75 Å². The summed E-state index contributed by atoms with van der Waals surface area (Å²) in [6.07, 6.45) is -4.95. The standard InChI is InChI=1S/C27H31F3N4O5/c1-17(19-7-9-20(10-8-19)26(36)38-3)33-25(35)22(23(31)27(28,29)30)24-32-11-12-34(24)16-18-5-4-6-21(15-18)39-14-13-37-2/h4-10,15,17H,11-14,16,31H2,1-3H3,(H,33,35). The lowest BCUT2D eigenvalue weighted by Crippen LogP contribution is -2.40. The van der Waals surface area contributed by atoms with E-state index in [2.05, 4.69) is 15.0 Å². The number of aliphatic imine (C=N–C) groups is 1. The fraction of sp³-hybridized carbons (Fsp3) is 0.370. The molecule has 0 fully saturated rings. The normalized spacial score (nSPS) is 14.8. The van der Waals surface area contributed by atoms with Crippen molar-refractivity contribution >= 4 is 17.7 Å². The van der Waals surface area contributed by atoms with E-state index in [-0.39, 0.29) is 18.9 Å². The second-order valence-corrected chi connectivity index (χ2v) is 8.71. The maximum Gasteiger partial charge on any atom is 0.431 e. The van der Waals surface area contributed by atoms with Crippen LogP contribution in [-0.2, 0) is 20.8 Å². The van der Waals surface area contributed by atoms with Gasteiger partial charge in [0.2, 0.25) is 0 Å². The Morgan fingerprint density at radius 1 is 1.13 bits per heavy atom. The number of carbonyl (C=O) groups excluding carboxylic acids is 2. The highest BCUT2D eigenvalue weighted by atomic mass is 19.4. The molecule has 2 aromatic carbocycles. The van der Waals surface area contributed by atoms with E-state index in [1.54, 1.807) is 55.3 Å². The Labute approximate surface area is 224 Å². The molecule has 12 heteroatoms. The van der Waals surface area contributed by atoms with Gasteiger partial charge in [-0.1, -0.05) is 24.3 Å². The molecule has 39 heavy (non-hydrogen) atoms. The molecule has 0 aliphatic carbocycles. The lowest BCUT2D eigenvalue weighted by atomic mass is 10.0. The van der Waals surface area contributed by atoms with Crippen LogP contribution in [0.3, 0.4) is 0 Å². The Bertz CT molecular complexity index is 1230. The highest BCUT2D eigenvalue weighted by molar-refractivity contribution is 6.21. The fourth-order valence-corrected chi connectivity index (χ4v) is 3.93. The summed E-state index contributed by atoms with van der Waals surface area (Å²) < 4.78 is 56.6. The molecule has 0 bridgehead atoms. The lowest BCUT2D eigenvalue weighted by molar-refractivity contribution is -0.119. The van der Waals surface area contributed by atoms with E-state index in [0.29, 0.717) is 36.6 Å². The SMILES string of the molecule is COCCOc1cccc(CN2CCN=C2C(C(=O)NC(C)c2ccc(C(=O)OC)cc2)=C(N)C(F)(F)F)c1. The van der Waals surface area contributed by atoms with Gasteiger partial charge in [-0.3, -0.25) is 9.79 Å². The van der Waals surface area contributed by atoms with E-state index >= 15 is 0 Å². The number of hydrogen-bond acceptors (Lipinski definition) is 8. The van der Waals surface area contributed by atoms with E-state index in [9.17, 15) is 22.8 Å². The van der Waals surface area contributed by atoms with E-state index in [1.807, 2.05) is 0 Å². The van der Waals surface area contributed by atoms with Gasteiger partial charge < -0.3 is 30.2 Å². The van der Waals surface area contributed by atoms with Crippen molar-refractivity contribution in [1.82, 2.24) is 10.2 Å². The molecule has 1 unspecified atom stereocenters. The summed E-state index contributed by atoms with van der Waals surface area (Å²) in [6.45, 7) is 3.04. The van der Waals surface area contributed by atoms with Crippen LogP contribution >= 0.6 is 0 Å². The molecule has 1 amide bonds. The summed E-state index contributed by atoms with van der Waals surface area (Å²) in [6, 6.07) is 12.6. The second-order valence-electron chi connectivity index (χ2n) is 8.71. The predicted octanol–water partition coefficient (Wildman–Crippen LogP) is 3.37. The minimum absolute atomic E-state index is 0.138. The number of nitrogens with one attached hydrogen (secondary N) is 1. The first-order valence-corrected chi connectivity index (χ1v) is 12.1. The first-order chi connectivity index (χ1) is 18.5. The Morgan fingerprint density at radius 3 is 2.49 bits per heavy atom. The molecule has 1 atom stereocenters. The number of benzene rings is 2. The highest BCUT2D eigenvalue weighted by Crippen LogP contribution is 2.28. The molecule has 3 N–H and O–H groups in total. The van der Waals surface area contributed by atoms with Crippen LogP contribution in [0.2, 0.25) is 0 Å². The highest BCUT2D eigenvalue weighted by Gasteiger charge is 2.40. The number of halogens is 3. The molecule has 0 aromatic heterocycles. The molecular weight excluding hydrogens is 517 g/mol. The summed E-state index contributed by atoms with van der Waals surface area (Å²) in [5.41, 5.74) is 4.85. The van der Waals surface area contributed by atoms with Gasteiger partial charge in [-0.25, -0.2) is 4.79 Å². The topological polar surface area (TPSA) is 115 Å². The van der Waals surface area contributed by atoms with Crippen molar-refractivity contribution < 1.29 is 37.0 Å². The monoisotopic (exact) mass is 548 g/mol. The van der Waals surface area contributed by atoms with Gasteiger partial charge in [0.05, 0.1) is 31.9 Å². The van der Waals surface area contributed by atoms with Crippen molar-refractivity contribution in [2.45, 2.75) is 25.7 Å². The third-order valence-corrected chi connectivity index (χ3v) is 5.96. The van der Waals surface area contributed by atoms with Crippen molar-refractivity contribution in [3.63, 3.8) is 0 Å². The average molecular weight is 549 g/mol. The van der Waals surface area contributed by atoms with Crippen molar-refractivity contribution in [2.24, 2.45) is 10.7 Å². The third-order valence-electron chi connectivity index (χ3n) is 5.96. The number of esters is 1. The number of amides is 1. The van der Waals surface area contributed by atoms with Crippen LogP contribution < -0.4 is 15.8 Å². The number of allylic oxidation sites excluding steroid dienone is 1. The van der Waals surface area contributed by atoms with Crippen LogP contribution in [-0.4, -0.2) is 69.3 Å². The first kappa shape index (κ1) is 29.5. The molecule has 0 saturated heterocycles. The lowest BCUT2D eigenvalue weighted by Gasteiger charge is -2.25. The Balaban J connectivity index is 1.83. The van der Waals surface area contributed by atoms with Gasteiger partial charge in [-0.05, 0) is 42.3 Å². The summed E-state index contributed by atoms with van der Waals surface area (Å²) in [4.78, 5) is 30.7. The number of alkyl halides is 3. The van der Waals surface area contributed by atoms with Gasteiger partial charge >= 0.3 is 12.1 Å².